The maximum absolute atomic E-state index is 10.9. The van der Waals surface area contributed by atoms with Crippen LogP contribution in [0.1, 0.15) is 11.1 Å². The lowest BCUT2D eigenvalue weighted by molar-refractivity contribution is 1.13. The monoisotopic (exact) mass is 658 g/mol. The van der Waals surface area contributed by atoms with Gasteiger partial charge in [0.05, 0.1) is 38.9 Å². The van der Waals surface area contributed by atoms with Gasteiger partial charge in [-0.05, 0) is 56.6 Å². The second-order valence-electron chi connectivity index (χ2n) is 13.4. The van der Waals surface area contributed by atoms with Gasteiger partial charge in [-0.15, -0.1) is 0 Å². The zero-order valence-electron chi connectivity index (χ0n) is 27.8. The predicted octanol–water partition coefficient (Wildman–Crippen LogP) is 12.2. The highest BCUT2D eigenvalue weighted by molar-refractivity contribution is 6.33. The van der Waals surface area contributed by atoms with Crippen LogP contribution in [0.15, 0.2) is 158 Å². The van der Waals surface area contributed by atoms with Crippen molar-refractivity contribution in [2.24, 2.45) is 0 Å². The van der Waals surface area contributed by atoms with Crippen LogP contribution in [-0.4, -0.2) is 9.13 Å². The molecule has 2 heterocycles. The molecule has 0 aliphatic rings. The van der Waals surface area contributed by atoms with Crippen molar-refractivity contribution in [1.29, 1.82) is 10.5 Å². The van der Waals surface area contributed by atoms with E-state index in [-0.39, 0.29) is 0 Å². The van der Waals surface area contributed by atoms with E-state index in [4.69, 9.17) is 0 Å². The second kappa shape index (κ2) is 10.6. The average molecular weight is 659 g/mol. The topological polar surface area (TPSA) is 57.4 Å². The molecule has 238 valence electrons. The molecule has 4 heteroatoms. The van der Waals surface area contributed by atoms with Crippen molar-refractivity contribution in [1.82, 2.24) is 9.13 Å². The van der Waals surface area contributed by atoms with Crippen molar-refractivity contribution in [3.8, 4) is 23.5 Å². The molecule has 0 aliphatic carbocycles. The first-order chi connectivity index (χ1) is 25.8. The molecule has 0 spiro atoms. The van der Waals surface area contributed by atoms with E-state index in [1.165, 1.54) is 26.9 Å². The molecule has 0 radical (unpaired) electrons. The summed E-state index contributed by atoms with van der Waals surface area (Å²) >= 11 is 0. The van der Waals surface area contributed by atoms with Crippen molar-refractivity contribution in [3.05, 3.63) is 169 Å². The molecule has 0 amide bonds. The van der Waals surface area contributed by atoms with E-state index in [1.54, 1.807) is 0 Å². The lowest BCUT2D eigenvalue weighted by Gasteiger charge is -2.17. The first-order valence-corrected chi connectivity index (χ1v) is 17.4. The van der Waals surface area contributed by atoms with Gasteiger partial charge < -0.3 is 9.13 Å². The molecule has 0 saturated carbocycles. The van der Waals surface area contributed by atoms with Crippen molar-refractivity contribution in [2.45, 2.75) is 0 Å². The van der Waals surface area contributed by atoms with Gasteiger partial charge in [-0.25, -0.2) is 0 Å². The van der Waals surface area contributed by atoms with Gasteiger partial charge in [0.25, 0.3) is 0 Å². The number of rotatable bonds is 2. The average Bonchev–Trinajstić information content (AvgIpc) is 3.75. The van der Waals surface area contributed by atoms with Crippen molar-refractivity contribution in [3.63, 3.8) is 0 Å². The van der Waals surface area contributed by atoms with Gasteiger partial charge in [-0.2, -0.15) is 10.5 Å². The molecule has 52 heavy (non-hydrogen) atoms. The molecule has 0 bridgehead atoms. The van der Waals surface area contributed by atoms with E-state index < -0.39 is 0 Å². The summed E-state index contributed by atoms with van der Waals surface area (Å²) in [5.74, 6) is 0. The minimum absolute atomic E-state index is 0.335. The summed E-state index contributed by atoms with van der Waals surface area (Å²) < 4.78 is 4.52. The minimum atomic E-state index is 0.335. The van der Waals surface area contributed by atoms with E-state index in [0.29, 0.717) is 16.8 Å². The van der Waals surface area contributed by atoms with E-state index in [2.05, 4.69) is 167 Å². The Kier molecular flexibility index (Phi) is 5.77. The number of nitriles is 2. The number of aromatic nitrogens is 2. The first-order valence-electron chi connectivity index (χ1n) is 17.4. The van der Waals surface area contributed by atoms with Crippen LogP contribution in [0.5, 0.6) is 0 Å². The number of benzene rings is 9. The van der Waals surface area contributed by atoms with Gasteiger partial charge in [0, 0.05) is 38.0 Å². The fourth-order valence-electron chi connectivity index (χ4n) is 8.90. The van der Waals surface area contributed by atoms with Crippen molar-refractivity contribution < 1.29 is 0 Å². The van der Waals surface area contributed by atoms with E-state index in [0.717, 1.165) is 65.5 Å². The van der Waals surface area contributed by atoms with Crippen LogP contribution in [0.3, 0.4) is 0 Å². The molecular weight excluding hydrogens is 633 g/mol. The Morgan fingerprint density at radius 1 is 0.365 bits per heavy atom. The molecule has 0 unspecified atom stereocenters. The molecule has 11 aromatic rings. The Morgan fingerprint density at radius 2 is 0.750 bits per heavy atom. The third-order valence-electron chi connectivity index (χ3n) is 10.9. The van der Waals surface area contributed by atoms with Gasteiger partial charge in [0.2, 0.25) is 0 Å². The maximum Gasteiger partial charge on any atom is 0.103 e. The summed E-state index contributed by atoms with van der Waals surface area (Å²) in [6.07, 6.45) is 0. The SMILES string of the molecule is N#Cc1cc(-n2c3ccccc3c3c4ccccc4c4ccccc4c32)cc(-n2c3ccccc3c3c4ccccc4c4ccccc4c32)c1C#N. The second-order valence-corrected chi connectivity index (χ2v) is 13.4. The molecule has 4 nitrogen and oxygen atoms in total. The van der Waals surface area contributed by atoms with Gasteiger partial charge >= 0.3 is 0 Å². The summed E-state index contributed by atoms with van der Waals surface area (Å²) in [6, 6.07) is 60.1. The summed E-state index contributed by atoms with van der Waals surface area (Å²) in [5, 5.41) is 35.4. The van der Waals surface area contributed by atoms with Crippen LogP contribution in [0.2, 0.25) is 0 Å². The molecule has 9 aromatic carbocycles. The molecule has 0 fully saturated rings. The number of nitrogens with zero attached hydrogens (tertiary/aromatic N) is 4. The third-order valence-corrected chi connectivity index (χ3v) is 10.9. The zero-order valence-corrected chi connectivity index (χ0v) is 27.8. The standard InChI is InChI=1S/C48H26N4/c49-27-29-25-30(51-42-23-11-9-21-39(42)45-35-17-5-1-13-31(35)33-15-3-7-19-37(33)47(45)51)26-44(41(29)28-50)52-43-24-12-10-22-40(43)46-36-18-6-2-14-32(36)34-16-4-8-20-38(34)48(46)52/h1-26H. The smallest absolute Gasteiger partial charge is 0.103 e. The Balaban J connectivity index is 1.37. The van der Waals surface area contributed by atoms with Crippen LogP contribution in [0.4, 0.5) is 0 Å². The van der Waals surface area contributed by atoms with Crippen LogP contribution in [0.25, 0.3) is 98.1 Å². The lowest BCUT2D eigenvalue weighted by Crippen LogP contribution is -2.04. The summed E-state index contributed by atoms with van der Waals surface area (Å²) in [7, 11) is 0. The largest absolute Gasteiger partial charge is 0.308 e. The van der Waals surface area contributed by atoms with E-state index in [1.807, 2.05) is 12.1 Å². The van der Waals surface area contributed by atoms with Crippen LogP contribution < -0.4 is 0 Å². The van der Waals surface area contributed by atoms with Crippen LogP contribution >= 0.6 is 0 Å². The highest BCUT2D eigenvalue weighted by Gasteiger charge is 2.24. The molecular formula is C48H26N4. The maximum atomic E-state index is 10.9. The predicted molar refractivity (Wildman–Crippen MR) is 215 cm³/mol. The Labute approximate surface area is 297 Å². The van der Waals surface area contributed by atoms with Crippen LogP contribution in [0, 0.1) is 22.7 Å². The molecule has 0 N–H and O–H groups in total. The van der Waals surface area contributed by atoms with Gasteiger partial charge in [0.15, 0.2) is 0 Å². The van der Waals surface area contributed by atoms with E-state index in [9.17, 15) is 10.5 Å². The first kappa shape index (κ1) is 28.4. The summed E-state index contributed by atoms with van der Waals surface area (Å²) in [6.45, 7) is 0. The zero-order chi connectivity index (χ0) is 34.5. The summed E-state index contributed by atoms with van der Waals surface area (Å²) in [5.41, 5.74) is 6.31. The molecule has 0 aliphatic heterocycles. The number of hydrogen-bond acceptors (Lipinski definition) is 2. The highest BCUT2D eigenvalue weighted by atomic mass is 15.0. The van der Waals surface area contributed by atoms with Crippen LogP contribution in [-0.2, 0) is 0 Å². The lowest BCUT2D eigenvalue weighted by atomic mass is 9.96. The third kappa shape index (κ3) is 3.63. The Hall–Kier alpha value is -7.40. The van der Waals surface area contributed by atoms with Gasteiger partial charge in [0.1, 0.15) is 12.1 Å². The molecule has 2 aromatic heterocycles. The number of fused-ring (bicyclic) bond motifs is 16. The van der Waals surface area contributed by atoms with Gasteiger partial charge in [-0.1, -0.05) is 133 Å². The number of hydrogen-bond donors (Lipinski definition) is 0. The Morgan fingerprint density at radius 3 is 1.23 bits per heavy atom. The Bertz CT molecular complexity index is 3440. The van der Waals surface area contributed by atoms with E-state index >= 15 is 0 Å². The number of para-hydroxylation sites is 2. The minimum Gasteiger partial charge on any atom is -0.308 e. The van der Waals surface area contributed by atoms with Crippen molar-refractivity contribution >= 4 is 86.7 Å². The van der Waals surface area contributed by atoms with Gasteiger partial charge in [-0.3, -0.25) is 0 Å². The fourth-order valence-corrected chi connectivity index (χ4v) is 8.90. The molecule has 0 atom stereocenters. The quantitative estimate of drug-likeness (QED) is 0.174. The molecule has 0 saturated heterocycles. The summed E-state index contributed by atoms with van der Waals surface area (Å²) in [4.78, 5) is 0. The fraction of sp³-hybridized carbons (Fsp3) is 0. The van der Waals surface area contributed by atoms with Crippen molar-refractivity contribution in [2.75, 3.05) is 0 Å². The highest BCUT2D eigenvalue weighted by Crippen LogP contribution is 2.45. The molecule has 11 rings (SSSR count). The normalized spacial score (nSPS) is 11.8.